The summed E-state index contributed by atoms with van der Waals surface area (Å²) in [5.41, 5.74) is 3.83. The number of ether oxygens (including phenoxy) is 1. The van der Waals surface area contributed by atoms with Crippen molar-refractivity contribution in [1.29, 1.82) is 0 Å². The molecule has 0 amide bonds. The summed E-state index contributed by atoms with van der Waals surface area (Å²) in [6, 6.07) is 9.51. The van der Waals surface area contributed by atoms with Crippen LogP contribution >= 0.6 is 0 Å². The normalized spacial score (nSPS) is 11.1. The third-order valence-corrected chi connectivity index (χ3v) is 4.22. The third-order valence-electron chi connectivity index (χ3n) is 2.81. The molecule has 2 aromatic rings. The Morgan fingerprint density at radius 3 is 2.57 bits per heavy atom. The van der Waals surface area contributed by atoms with Crippen LogP contribution in [-0.2, 0) is 16.6 Å². The van der Waals surface area contributed by atoms with Crippen molar-refractivity contribution in [1.82, 2.24) is 9.71 Å². The van der Waals surface area contributed by atoms with Gasteiger partial charge in [0.15, 0.2) is 0 Å². The molecule has 21 heavy (non-hydrogen) atoms. The number of pyridine rings is 1. The molecule has 0 aliphatic carbocycles. The van der Waals surface area contributed by atoms with E-state index in [-0.39, 0.29) is 11.4 Å². The van der Waals surface area contributed by atoms with Gasteiger partial charge < -0.3 is 10.2 Å². The molecule has 0 saturated carbocycles. The second-order valence-corrected chi connectivity index (χ2v) is 5.97. The minimum Gasteiger partial charge on any atom is -0.481 e. The van der Waals surface area contributed by atoms with Crippen LogP contribution in [0.2, 0.25) is 0 Å². The van der Waals surface area contributed by atoms with Crippen molar-refractivity contribution in [2.24, 2.45) is 5.84 Å². The average molecular weight is 308 g/mol. The quantitative estimate of drug-likeness (QED) is 0.539. The zero-order chi connectivity index (χ0) is 15.3. The standard InChI is InChI=1S/C13H16N4O3S/c1-20-13-8-10(6-7-15-13)9-16-21(18,19)12-4-2-11(17-14)3-5-12/h2-8,16-17H,9,14H2,1H3. The van der Waals surface area contributed by atoms with E-state index in [1.54, 1.807) is 30.5 Å². The highest BCUT2D eigenvalue weighted by Gasteiger charge is 2.13. The Morgan fingerprint density at radius 1 is 1.24 bits per heavy atom. The van der Waals surface area contributed by atoms with Gasteiger partial charge in [0, 0.05) is 24.5 Å². The van der Waals surface area contributed by atoms with Crippen LogP contribution in [0.3, 0.4) is 0 Å². The molecule has 0 saturated heterocycles. The topological polar surface area (TPSA) is 106 Å². The maximum Gasteiger partial charge on any atom is 0.240 e. The van der Waals surface area contributed by atoms with Gasteiger partial charge in [0.25, 0.3) is 0 Å². The second-order valence-electron chi connectivity index (χ2n) is 4.20. The number of methoxy groups -OCH3 is 1. The number of nitrogens with zero attached hydrogens (tertiary/aromatic N) is 1. The molecule has 8 heteroatoms. The van der Waals surface area contributed by atoms with E-state index in [1.165, 1.54) is 19.2 Å². The van der Waals surface area contributed by atoms with Crippen LogP contribution in [0, 0.1) is 0 Å². The first-order chi connectivity index (χ1) is 10.0. The maximum absolute atomic E-state index is 12.1. The molecule has 1 heterocycles. The summed E-state index contributed by atoms with van der Waals surface area (Å²) in [4.78, 5) is 4.13. The molecule has 112 valence electrons. The Bertz CT molecular complexity index is 702. The average Bonchev–Trinajstić information content (AvgIpc) is 2.53. The number of anilines is 1. The van der Waals surface area contributed by atoms with Gasteiger partial charge >= 0.3 is 0 Å². The van der Waals surface area contributed by atoms with Gasteiger partial charge in [-0.05, 0) is 35.9 Å². The van der Waals surface area contributed by atoms with Crippen molar-refractivity contribution in [2.45, 2.75) is 11.4 Å². The maximum atomic E-state index is 12.1. The Hall–Kier alpha value is -2.16. The van der Waals surface area contributed by atoms with E-state index in [4.69, 9.17) is 10.6 Å². The van der Waals surface area contributed by atoms with E-state index in [2.05, 4.69) is 15.1 Å². The summed E-state index contributed by atoms with van der Waals surface area (Å²) in [5.74, 6) is 5.67. The lowest BCUT2D eigenvalue weighted by Crippen LogP contribution is -2.23. The van der Waals surface area contributed by atoms with Crippen LogP contribution in [0.15, 0.2) is 47.5 Å². The number of aromatic nitrogens is 1. The number of hydrogen-bond donors (Lipinski definition) is 3. The summed E-state index contributed by atoms with van der Waals surface area (Å²) in [7, 11) is -2.08. The van der Waals surface area contributed by atoms with Crippen LogP contribution in [0.1, 0.15) is 5.56 Å². The SMILES string of the molecule is COc1cc(CNS(=O)(=O)c2ccc(NN)cc2)ccn1. The molecule has 0 fully saturated rings. The minimum absolute atomic E-state index is 0.151. The lowest BCUT2D eigenvalue weighted by atomic mass is 10.3. The van der Waals surface area contributed by atoms with E-state index < -0.39 is 10.0 Å². The molecule has 0 spiro atoms. The number of nitrogens with one attached hydrogen (secondary N) is 2. The van der Waals surface area contributed by atoms with E-state index in [0.717, 1.165) is 5.56 Å². The summed E-state index contributed by atoms with van der Waals surface area (Å²) in [6.45, 7) is 0.151. The van der Waals surface area contributed by atoms with E-state index >= 15 is 0 Å². The molecule has 0 atom stereocenters. The zero-order valence-corrected chi connectivity index (χ0v) is 12.2. The third kappa shape index (κ3) is 3.91. The summed E-state index contributed by atoms with van der Waals surface area (Å²) < 4.78 is 31.8. The summed E-state index contributed by atoms with van der Waals surface area (Å²) >= 11 is 0. The molecule has 1 aromatic carbocycles. The summed E-state index contributed by atoms with van der Waals surface area (Å²) in [6.07, 6.45) is 1.56. The van der Waals surface area contributed by atoms with Crippen LogP contribution in [-0.4, -0.2) is 20.5 Å². The molecule has 0 unspecified atom stereocenters. The van der Waals surface area contributed by atoms with Gasteiger partial charge in [-0.2, -0.15) is 0 Å². The monoisotopic (exact) mass is 308 g/mol. The zero-order valence-electron chi connectivity index (χ0n) is 11.4. The number of nitrogen functional groups attached to an aromatic ring is 1. The lowest BCUT2D eigenvalue weighted by Gasteiger charge is -2.08. The minimum atomic E-state index is -3.58. The van der Waals surface area contributed by atoms with Gasteiger partial charge in [-0.1, -0.05) is 0 Å². The molecular weight excluding hydrogens is 292 g/mol. The van der Waals surface area contributed by atoms with Gasteiger partial charge in [0.2, 0.25) is 15.9 Å². The molecule has 1 aromatic heterocycles. The molecule has 0 aliphatic heterocycles. The highest BCUT2D eigenvalue weighted by molar-refractivity contribution is 7.89. The smallest absolute Gasteiger partial charge is 0.240 e. The first-order valence-corrected chi connectivity index (χ1v) is 7.59. The molecule has 4 N–H and O–H groups in total. The molecule has 0 aliphatic rings. The molecule has 2 rings (SSSR count). The Balaban J connectivity index is 2.09. The van der Waals surface area contributed by atoms with Gasteiger partial charge in [-0.3, -0.25) is 5.84 Å². The lowest BCUT2D eigenvalue weighted by molar-refractivity contribution is 0.397. The number of hydrogen-bond acceptors (Lipinski definition) is 6. The van der Waals surface area contributed by atoms with Crippen molar-refractivity contribution in [2.75, 3.05) is 12.5 Å². The van der Waals surface area contributed by atoms with Gasteiger partial charge in [-0.25, -0.2) is 18.1 Å². The number of sulfonamides is 1. The number of rotatable bonds is 6. The van der Waals surface area contributed by atoms with Crippen molar-refractivity contribution in [3.63, 3.8) is 0 Å². The van der Waals surface area contributed by atoms with Crippen LogP contribution in [0.25, 0.3) is 0 Å². The van der Waals surface area contributed by atoms with Gasteiger partial charge in [-0.15, -0.1) is 0 Å². The van der Waals surface area contributed by atoms with E-state index in [1.807, 2.05) is 0 Å². The van der Waals surface area contributed by atoms with Crippen molar-refractivity contribution < 1.29 is 13.2 Å². The van der Waals surface area contributed by atoms with Crippen molar-refractivity contribution in [3.05, 3.63) is 48.2 Å². The fourth-order valence-corrected chi connectivity index (χ4v) is 2.68. The van der Waals surface area contributed by atoms with Crippen LogP contribution in [0.5, 0.6) is 5.88 Å². The Morgan fingerprint density at radius 2 is 1.95 bits per heavy atom. The first kappa shape index (κ1) is 15.2. The number of hydrazine groups is 1. The molecule has 7 nitrogen and oxygen atoms in total. The Labute approximate surface area is 123 Å². The van der Waals surface area contributed by atoms with Gasteiger partial charge in [0.05, 0.1) is 12.0 Å². The number of benzene rings is 1. The first-order valence-electron chi connectivity index (χ1n) is 6.10. The highest BCUT2D eigenvalue weighted by Crippen LogP contribution is 2.14. The predicted octanol–water partition coefficient (Wildman–Crippen LogP) is 0.854. The fourth-order valence-electron chi connectivity index (χ4n) is 1.66. The predicted molar refractivity (Wildman–Crippen MR) is 79.1 cm³/mol. The molecule has 0 bridgehead atoms. The van der Waals surface area contributed by atoms with Crippen molar-refractivity contribution >= 4 is 15.7 Å². The molecular formula is C13H16N4O3S. The molecule has 0 radical (unpaired) electrons. The van der Waals surface area contributed by atoms with E-state index in [9.17, 15) is 8.42 Å². The number of nitrogens with two attached hydrogens (primary N) is 1. The van der Waals surface area contributed by atoms with Crippen molar-refractivity contribution in [3.8, 4) is 5.88 Å². The largest absolute Gasteiger partial charge is 0.481 e. The second kappa shape index (κ2) is 6.53. The van der Waals surface area contributed by atoms with Crippen LogP contribution in [0.4, 0.5) is 5.69 Å². The fraction of sp³-hybridized carbons (Fsp3) is 0.154. The van der Waals surface area contributed by atoms with Gasteiger partial charge in [0.1, 0.15) is 0 Å². The highest BCUT2D eigenvalue weighted by atomic mass is 32.2. The Kier molecular flexibility index (Phi) is 4.73. The summed E-state index contributed by atoms with van der Waals surface area (Å²) in [5, 5.41) is 0. The van der Waals surface area contributed by atoms with E-state index in [0.29, 0.717) is 11.6 Å². The van der Waals surface area contributed by atoms with Crippen LogP contribution < -0.4 is 20.7 Å².